The summed E-state index contributed by atoms with van der Waals surface area (Å²) in [5, 5.41) is 9.25. The van der Waals surface area contributed by atoms with Crippen LogP contribution in [0.4, 0.5) is 0 Å². The van der Waals surface area contributed by atoms with Crippen LogP contribution in [0.2, 0.25) is 0 Å². The van der Waals surface area contributed by atoms with Crippen molar-refractivity contribution < 1.29 is 19.4 Å². The van der Waals surface area contributed by atoms with Gasteiger partial charge >= 0.3 is 0 Å². The zero-order valence-electron chi connectivity index (χ0n) is 11.4. The first-order valence-corrected chi connectivity index (χ1v) is 6.62. The summed E-state index contributed by atoms with van der Waals surface area (Å²) in [4.78, 5) is 14.3. The van der Waals surface area contributed by atoms with E-state index in [9.17, 15) is 9.90 Å². The van der Waals surface area contributed by atoms with Gasteiger partial charge in [0.05, 0.1) is 30.3 Å². The van der Waals surface area contributed by atoms with Crippen LogP contribution < -0.4 is 0 Å². The van der Waals surface area contributed by atoms with Crippen LogP contribution in [-0.2, 0) is 14.3 Å². The summed E-state index contributed by atoms with van der Waals surface area (Å²) in [6.07, 6.45) is 0.507. The van der Waals surface area contributed by atoms with Crippen molar-refractivity contribution in [3.05, 3.63) is 0 Å². The van der Waals surface area contributed by atoms with E-state index < -0.39 is 5.60 Å². The van der Waals surface area contributed by atoms with Crippen molar-refractivity contribution in [2.75, 3.05) is 26.3 Å². The van der Waals surface area contributed by atoms with E-state index in [0.29, 0.717) is 19.7 Å². The molecule has 2 fully saturated rings. The summed E-state index contributed by atoms with van der Waals surface area (Å²) in [5.74, 6) is 0.0908. The molecule has 1 amide bonds. The molecule has 0 aromatic carbocycles. The molecular formula is C13H23NO4. The van der Waals surface area contributed by atoms with Crippen LogP contribution in [0.1, 0.15) is 27.2 Å². The Kier molecular flexibility index (Phi) is 3.94. The number of nitrogens with zero attached hydrogens (tertiary/aromatic N) is 1. The third-order valence-corrected chi connectivity index (χ3v) is 3.69. The second kappa shape index (κ2) is 5.15. The van der Waals surface area contributed by atoms with Gasteiger partial charge in [0.2, 0.25) is 5.91 Å². The van der Waals surface area contributed by atoms with Crippen LogP contribution in [0, 0.1) is 5.92 Å². The fourth-order valence-electron chi connectivity index (χ4n) is 2.85. The van der Waals surface area contributed by atoms with Crippen LogP contribution >= 0.6 is 0 Å². The third kappa shape index (κ3) is 2.84. The molecule has 0 spiro atoms. The number of morpholine rings is 1. The topological polar surface area (TPSA) is 59.0 Å². The molecule has 18 heavy (non-hydrogen) atoms. The number of amides is 1. The molecule has 0 aromatic heterocycles. The van der Waals surface area contributed by atoms with E-state index in [1.165, 1.54) is 0 Å². The maximum atomic E-state index is 12.5. The number of ether oxygens (including phenoxy) is 2. The highest BCUT2D eigenvalue weighted by Gasteiger charge is 2.40. The Labute approximate surface area is 108 Å². The number of aliphatic hydroxyl groups excluding tert-OH is 1. The Bertz CT molecular complexity index is 318. The van der Waals surface area contributed by atoms with Gasteiger partial charge in [-0.1, -0.05) is 0 Å². The van der Waals surface area contributed by atoms with E-state index in [0.717, 1.165) is 6.42 Å². The summed E-state index contributed by atoms with van der Waals surface area (Å²) in [6, 6.07) is 0. The molecule has 2 saturated heterocycles. The molecule has 2 aliphatic heterocycles. The van der Waals surface area contributed by atoms with Gasteiger partial charge in [0.1, 0.15) is 0 Å². The molecule has 104 valence electrons. The van der Waals surface area contributed by atoms with E-state index in [1.807, 2.05) is 25.7 Å². The summed E-state index contributed by atoms with van der Waals surface area (Å²) in [7, 11) is 0. The second-order valence-corrected chi connectivity index (χ2v) is 5.87. The lowest BCUT2D eigenvalue weighted by molar-refractivity contribution is -0.170. The van der Waals surface area contributed by atoms with Gasteiger partial charge in [0, 0.05) is 19.7 Å². The van der Waals surface area contributed by atoms with Gasteiger partial charge in [-0.15, -0.1) is 0 Å². The lowest BCUT2D eigenvalue weighted by Crippen LogP contribution is -2.57. The van der Waals surface area contributed by atoms with Crippen LogP contribution in [0.15, 0.2) is 0 Å². The minimum absolute atomic E-state index is 0.00367. The van der Waals surface area contributed by atoms with E-state index >= 15 is 0 Å². The fourth-order valence-corrected chi connectivity index (χ4v) is 2.85. The van der Waals surface area contributed by atoms with E-state index in [-0.39, 0.29) is 30.6 Å². The molecule has 2 heterocycles. The number of hydrogen-bond donors (Lipinski definition) is 1. The minimum Gasteiger partial charge on any atom is -0.394 e. The fraction of sp³-hybridized carbons (Fsp3) is 0.923. The first-order valence-electron chi connectivity index (χ1n) is 6.62. The molecular weight excluding hydrogens is 234 g/mol. The number of carbonyl (C=O) groups is 1. The average Bonchev–Trinajstić information content (AvgIpc) is 2.72. The molecule has 3 unspecified atom stereocenters. The monoisotopic (exact) mass is 257 g/mol. The maximum absolute atomic E-state index is 12.5. The number of carbonyl (C=O) groups excluding carboxylic acids is 1. The van der Waals surface area contributed by atoms with Gasteiger partial charge in [-0.2, -0.15) is 0 Å². The molecule has 5 nitrogen and oxygen atoms in total. The van der Waals surface area contributed by atoms with E-state index in [2.05, 4.69) is 0 Å². The van der Waals surface area contributed by atoms with Crippen molar-refractivity contribution in [1.82, 2.24) is 4.90 Å². The van der Waals surface area contributed by atoms with Gasteiger partial charge < -0.3 is 19.5 Å². The number of aliphatic hydroxyl groups is 1. The van der Waals surface area contributed by atoms with Crippen LogP contribution in [-0.4, -0.2) is 60.0 Å². The quantitative estimate of drug-likeness (QED) is 0.778. The lowest BCUT2D eigenvalue weighted by atomic mass is 9.98. The second-order valence-electron chi connectivity index (χ2n) is 5.87. The van der Waals surface area contributed by atoms with E-state index in [1.54, 1.807) is 0 Å². The summed E-state index contributed by atoms with van der Waals surface area (Å²) < 4.78 is 11.2. The van der Waals surface area contributed by atoms with Gasteiger partial charge in [-0.05, 0) is 27.2 Å². The zero-order chi connectivity index (χ0) is 13.3. The SMILES string of the molecule is CC1OCCC1C(=O)N1CC(CO)OC(C)(C)C1. The van der Waals surface area contributed by atoms with Crippen LogP contribution in [0.3, 0.4) is 0 Å². The Morgan fingerprint density at radius 2 is 2.22 bits per heavy atom. The first kappa shape index (κ1) is 13.8. The van der Waals surface area contributed by atoms with Crippen LogP contribution in [0.25, 0.3) is 0 Å². The molecule has 5 heteroatoms. The standard InChI is InChI=1S/C13H23NO4/c1-9-11(4-5-17-9)12(16)14-6-10(7-15)18-13(2,3)8-14/h9-11,15H,4-8H2,1-3H3. The summed E-state index contributed by atoms with van der Waals surface area (Å²) in [6.45, 7) is 7.50. The Morgan fingerprint density at radius 1 is 1.50 bits per heavy atom. The molecule has 3 atom stereocenters. The van der Waals surface area contributed by atoms with Crippen molar-refractivity contribution in [1.29, 1.82) is 0 Å². The largest absolute Gasteiger partial charge is 0.394 e. The third-order valence-electron chi connectivity index (χ3n) is 3.69. The molecule has 0 saturated carbocycles. The zero-order valence-corrected chi connectivity index (χ0v) is 11.4. The normalized spacial score (nSPS) is 35.8. The molecule has 0 aliphatic carbocycles. The Morgan fingerprint density at radius 3 is 2.78 bits per heavy atom. The van der Waals surface area contributed by atoms with Crippen molar-refractivity contribution in [3.63, 3.8) is 0 Å². The van der Waals surface area contributed by atoms with Gasteiger partial charge in [-0.25, -0.2) is 0 Å². The van der Waals surface area contributed by atoms with Gasteiger partial charge in [0.25, 0.3) is 0 Å². The van der Waals surface area contributed by atoms with E-state index in [4.69, 9.17) is 9.47 Å². The summed E-state index contributed by atoms with van der Waals surface area (Å²) in [5.41, 5.74) is -0.399. The van der Waals surface area contributed by atoms with Crippen molar-refractivity contribution in [2.45, 2.75) is 45.0 Å². The number of rotatable bonds is 2. The highest BCUT2D eigenvalue weighted by Crippen LogP contribution is 2.27. The van der Waals surface area contributed by atoms with Crippen molar-refractivity contribution in [2.24, 2.45) is 5.92 Å². The Hall–Kier alpha value is -0.650. The molecule has 0 radical (unpaired) electrons. The van der Waals surface area contributed by atoms with Gasteiger partial charge in [-0.3, -0.25) is 4.79 Å². The highest BCUT2D eigenvalue weighted by atomic mass is 16.5. The van der Waals surface area contributed by atoms with Gasteiger partial charge in [0.15, 0.2) is 0 Å². The predicted molar refractivity (Wildman–Crippen MR) is 66.1 cm³/mol. The van der Waals surface area contributed by atoms with Crippen LogP contribution in [0.5, 0.6) is 0 Å². The minimum atomic E-state index is -0.399. The smallest absolute Gasteiger partial charge is 0.228 e. The first-order chi connectivity index (χ1) is 8.43. The van der Waals surface area contributed by atoms with Crippen molar-refractivity contribution >= 4 is 5.91 Å². The number of hydrogen-bond acceptors (Lipinski definition) is 4. The maximum Gasteiger partial charge on any atom is 0.228 e. The molecule has 2 rings (SSSR count). The molecule has 0 bridgehead atoms. The average molecular weight is 257 g/mol. The molecule has 1 N–H and O–H groups in total. The predicted octanol–water partition coefficient (Wildman–Crippen LogP) is 0.410. The highest BCUT2D eigenvalue weighted by molar-refractivity contribution is 5.80. The lowest BCUT2D eigenvalue weighted by Gasteiger charge is -2.43. The molecule has 2 aliphatic rings. The Balaban J connectivity index is 2.05. The van der Waals surface area contributed by atoms with Crippen molar-refractivity contribution in [3.8, 4) is 0 Å². The summed E-state index contributed by atoms with van der Waals surface area (Å²) >= 11 is 0. The molecule has 0 aromatic rings.